The number of nitrogens with one attached hydrogen (secondary N) is 3. The fraction of sp³-hybridized carbons (Fsp3) is 0.444. The van der Waals surface area contributed by atoms with Crippen LogP contribution in [0.1, 0.15) is 47.4 Å². The molecule has 2 aliphatic rings. The van der Waals surface area contributed by atoms with E-state index >= 15 is 0 Å². The number of aryl methyl sites for hydroxylation is 2. The summed E-state index contributed by atoms with van der Waals surface area (Å²) in [5.74, 6) is 0.0880. The molecule has 12 nitrogen and oxygen atoms in total. The van der Waals surface area contributed by atoms with Crippen molar-refractivity contribution in [3.63, 3.8) is 0 Å². The van der Waals surface area contributed by atoms with Crippen molar-refractivity contribution in [3.05, 3.63) is 47.7 Å². The number of rotatable bonds is 7. The first-order valence-electron chi connectivity index (χ1n) is 13.3. The number of hydrogen-bond donors (Lipinski definition) is 3. The molecule has 6 rings (SSSR count). The maximum atomic E-state index is 13.4. The Kier molecular flexibility index (Phi) is 6.55. The van der Waals surface area contributed by atoms with E-state index in [4.69, 9.17) is 0 Å². The van der Waals surface area contributed by atoms with Crippen LogP contribution in [0.2, 0.25) is 0 Å². The molecule has 1 aliphatic carbocycles. The van der Waals surface area contributed by atoms with E-state index in [-0.39, 0.29) is 12.5 Å². The van der Waals surface area contributed by atoms with Gasteiger partial charge in [-0.15, -0.1) is 0 Å². The monoisotopic (exact) mass is 531 g/mol. The fourth-order valence-corrected chi connectivity index (χ4v) is 5.32. The highest BCUT2D eigenvalue weighted by Crippen LogP contribution is 2.32. The summed E-state index contributed by atoms with van der Waals surface area (Å²) < 4.78 is 8.19. The van der Waals surface area contributed by atoms with Crippen molar-refractivity contribution >= 4 is 40.1 Å². The number of ether oxygens (including phenoxy) is 1. The van der Waals surface area contributed by atoms with Crippen molar-refractivity contribution in [2.24, 2.45) is 7.05 Å². The second-order valence-corrected chi connectivity index (χ2v) is 10.4. The summed E-state index contributed by atoms with van der Waals surface area (Å²) >= 11 is 0. The summed E-state index contributed by atoms with van der Waals surface area (Å²) in [5, 5.41) is 14.9. The van der Waals surface area contributed by atoms with Crippen molar-refractivity contribution < 1.29 is 14.3 Å². The number of carbonyl (C=O) groups excluding carboxylic acids is 2. The highest BCUT2D eigenvalue weighted by Gasteiger charge is 2.28. The first-order valence-corrected chi connectivity index (χ1v) is 13.3. The van der Waals surface area contributed by atoms with Gasteiger partial charge in [0.25, 0.3) is 5.91 Å². The lowest BCUT2D eigenvalue weighted by Gasteiger charge is -2.34. The summed E-state index contributed by atoms with van der Waals surface area (Å²) in [4.78, 5) is 36.4. The topological polar surface area (TPSA) is 131 Å². The predicted molar refractivity (Wildman–Crippen MR) is 147 cm³/mol. The van der Waals surface area contributed by atoms with Gasteiger partial charge < -0.3 is 30.0 Å². The van der Waals surface area contributed by atoms with Crippen LogP contribution in [0.5, 0.6) is 0 Å². The van der Waals surface area contributed by atoms with E-state index in [1.807, 2.05) is 38.5 Å². The number of imidazole rings is 1. The van der Waals surface area contributed by atoms with Crippen LogP contribution in [0.3, 0.4) is 0 Å². The Labute approximate surface area is 225 Å². The van der Waals surface area contributed by atoms with E-state index in [1.165, 1.54) is 20.0 Å². The van der Waals surface area contributed by atoms with Gasteiger partial charge in [-0.1, -0.05) is 0 Å². The molecule has 0 bridgehead atoms. The maximum Gasteiger partial charge on any atom is 0.407 e. The Morgan fingerprint density at radius 1 is 1.05 bits per heavy atom. The zero-order chi connectivity index (χ0) is 27.1. The van der Waals surface area contributed by atoms with Crippen LogP contribution < -0.4 is 20.9 Å². The number of methoxy groups -OCH3 is 1. The highest BCUT2D eigenvalue weighted by atomic mass is 16.5. The minimum absolute atomic E-state index is 0.145. The van der Waals surface area contributed by atoms with Gasteiger partial charge in [0.1, 0.15) is 11.2 Å². The first kappa shape index (κ1) is 25.1. The van der Waals surface area contributed by atoms with Gasteiger partial charge in [-0.05, 0) is 44.7 Å². The smallest absolute Gasteiger partial charge is 0.407 e. The lowest BCUT2D eigenvalue weighted by molar-refractivity contribution is 0.102. The van der Waals surface area contributed by atoms with Gasteiger partial charge in [-0.3, -0.25) is 14.5 Å². The van der Waals surface area contributed by atoms with Crippen molar-refractivity contribution in [2.45, 2.75) is 51.2 Å². The molecule has 0 atom stereocenters. The fourth-order valence-electron chi connectivity index (χ4n) is 5.32. The number of alkyl carbamates (subject to hydrolysis) is 1. The second-order valence-electron chi connectivity index (χ2n) is 10.4. The number of aromatic nitrogens is 5. The lowest BCUT2D eigenvalue weighted by atomic mass is 10.0. The molecule has 1 saturated heterocycles. The number of anilines is 2. The molecule has 3 aromatic heterocycles. The van der Waals surface area contributed by atoms with Gasteiger partial charge in [-0.25, -0.2) is 9.78 Å². The number of amides is 2. The van der Waals surface area contributed by atoms with Crippen LogP contribution in [0.15, 0.2) is 30.7 Å². The van der Waals surface area contributed by atoms with Crippen LogP contribution >= 0.6 is 0 Å². The minimum atomic E-state index is -0.557. The molecular weight excluding hydrogens is 498 g/mol. The van der Waals surface area contributed by atoms with E-state index < -0.39 is 6.09 Å². The standard InChI is InChI=1S/C27H33N9O3/c1-16-13-36-15-23(31-25(36)21(29-16)12-28-27(38)39-3)32-26(37)19-6-7-22(20-14-34(2)33-24(19)20)35-10-8-18(9-11-35)30-17-4-5-17/h6-7,13-15,17-18,30H,4-5,8-12H2,1-3H3,(H,28,38)(H,32,37). The molecule has 1 saturated carbocycles. The molecule has 12 heteroatoms. The van der Waals surface area contributed by atoms with Crippen LogP contribution in [0, 0.1) is 6.92 Å². The molecule has 1 aromatic carbocycles. The molecule has 204 valence electrons. The number of benzene rings is 1. The number of nitrogens with zero attached hydrogens (tertiary/aromatic N) is 6. The Morgan fingerprint density at radius 2 is 1.82 bits per heavy atom. The molecule has 0 spiro atoms. The van der Waals surface area contributed by atoms with Crippen molar-refractivity contribution in [1.82, 2.24) is 34.8 Å². The molecular formula is C27H33N9O3. The Morgan fingerprint density at radius 3 is 2.56 bits per heavy atom. The molecule has 0 unspecified atom stereocenters. The summed E-state index contributed by atoms with van der Waals surface area (Å²) in [6.45, 7) is 3.95. The average Bonchev–Trinajstić information content (AvgIpc) is 3.50. The van der Waals surface area contributed by atoms with Crippen molar-refractivity contribution in [2.75, 3.05) is 30.4 Å². The Bertz CT molecular complexity index is 1550. The number of fused-ring (bicyclic) bond motifs is 2. The molecule has 0 radical (unpaired) electrons. The predicted octanol–water partition coefficient (Wildman–Crippen LogP) is 2.75. The zero-order valence-electron chi connectivity index (χ0n) is 22.4. The van der Waals surface area contributed by atoms with Crippen molar-refractivity contribution in [3.8, 4) is 0 Å². The van der Waals surface area contributed by atoms with Crippen LogP contribution in [0.25, 0.3) is 16.6 Å². The second kappa shape index (κ2) is 10.2. The van der Waals surface area contributed by atoms with Crippen molar-refractivity contribution in [1.29, 1.82) is 0 Å². The summed E-state index contributed by atoms with van der Waals surface area (Å²) in [7, 11) is 3.18. The van der Waals surface area contributed by atoms with E-state index in [9.17, 15) is 9.59 Å². The van der Waals surface area contributed by atoms with Gasteiger partial charge in [-0.2, -0.15) is 5.10 Å². The normalized spacial score (nSPS) is 16.1. The van der Waals surface area contributed by atoms with Gasteiger partial charge in [0.15, 0.2) is 11.5 Å². The molecule has 3 N–H and O–H groups in total. The Hall–Kier alpha value is -4.19. The third kappa shape index (κ3) is 5.24. The highest BCUT2D eigenvalue weighted by molar-refractivity contribution is 6.13. The maximum absolute atomic E-state index is 13.4. The van der Waals surface area contributed by atoms with E-state index in [0.29, 0.717) is 34.3 Å². The molecule has 2 amide bonds. The summed E-state index contributed by atoms with van der Waals surface area (Å²) in [6.07, 6.45) is 9.80. The van der Waals surface area contributed by atoms with Crippen LogP contribution in [-0.4, -0.2) is 68.4 Å². The largest absolute Gasteiger partial charge is 0.453 e. The zero-order valence-corrected chi connectivity index (χ0v) is 22.4. The quantitative estimate of drug-likeness (QED) is 0.332. The van der Waals surface area contributed by atoms with Gasteiger partial charge in [0, 0.05) is 55.7 Å². The minimum Gasteiger partial charge on any atom is -0.453 e. The van der Waals surface area contributed by atoms with Gasteiger partial charge in [0.2, 0.25) is 0 Å². The third-order valence-corrected chi connectivity index (χ3v) is 7.35. The molecule has 1 aliphatic heterocycles. The van der Waals surface area contributed by atoms with Gasteiger partial charge in [0.05, 0.1) is 31.1 Å². The lowest BCUT2D eigenvalue weighted by Crippen LogP contribution is -2.43. The van der Waals surface area contributed by atoms with Gasteiger partial charge >= 0.3 is 6.09 Å². The molecule has 4 heterocycles. The number of piperidine rings is 1. The summed E-state index contributed by atoms with van der Waals surface area (Å²) in [6, 6.07) is 5.19. The van der Waals surface area contributed by atoms with E-state index in [2.05, 4.69) is 40.7 Å². The number of hydrogen-bond acceptors (Lipinski definition) is 8. The van der Waals surface area contributed by atoms with Crippen LogP contribution in [-0.2, 0) is 18.3 Å². The molecule has 39 heavy (non-hydrogen) atoms. The molecule has 4 aromatic rings. The number of carbonyl (C=O) groups is 2. The average molecular weight is 532 g/mol. The van der Waals surface area contributed by atoms with Crippen LogP contribution in [0.4, 0.5) is 16.3 Å². The SMILES string of the molecule is COC(=O)NCc1nc(C)cn2cc(NC(=O)c3ccc(N4CCC(NC5CC5)CC4)c4cn(C)nc34)nc12. The summed E-state index contributed by atoms with van der Waals surface area (Å²) in [5.41, 5.74) is 4.10. The van der Waals surface area contributed by atoms with E-state index in [0.717, 1.165) is 48.7 Å². The van der Waals surface area contributed by atoms with E-state index in [1.54, 1.807) is 15.3 Å². The third-order valence-electron chi connectivity index (χ3n) is 7.35. The first-order chi connectivity index (χ1) is 18.9. The molecule has 2 fully saturated rings. The Balaban J connectivity index is 1.22.